The fourth-order valence-corrected chi connectivity index (χ4v) is 2.22. The lowest BCUT2D eigenvalue weighted by Crippen LogP contribution is -2.17. The molecule has 1 amide bonds. The summed E-state index contributed by atoms with van der Waals surface area (Å²) in [6.07, 6.45) is 0. The lowest BCUT2D eigenvalue weighted by Gasteiger charge is -2.09. The van der Waals surface area contributed by atoms with Gasteiger partial charge in [0.2, 0.25) is 0 Å². The first-order valence-electron chi connectivity index (χ1n) is 5.67. The number of aromatic nitrogens is 2. The van der Waals surface area contributed by atoms with E-state index in [4.69, 9.17) is 23.2 Å². The van der Waals surface area contributed by atoms with Crippen LogP contribution >= 0.6 is 23.2 Å². The van der Waals surface area contributed by atoms with Crippen molar-refractivity contribution in [3.8, 4) is 0 Å². The number of rotatable bonds is 2. The largest absolute Gasteiger partial charge is 0.320 e. The van der Waals surface area contributed by atoms with E-state index in [2.05, 4.69) is 10.4 Å². The van der Waals surface area contributed by atoms with Crippen molar-refractivity contribution in [1.82, 2.24) is 9.78 Å². The van der Waals surface area contributed by atoms with Crippen molar-refractivity contribution in [2.45, 2.75) is 13.8 Å². The van der Waals surface area contributed by atoms with Gasteiger partial charge in [-0.25, -0.2) is 0 Å². The van der Waals surface area contributed by atoms with E-state index in [1.807, 2.05) is 6.92 Å². The molecule has 6 heteroatoms. The normalized spacial score (nSPS) is 10.6. The van der Waals surface area contributed by atoms with Crippen molar-refractivity contribution >= 4 is 34.8 Å². The predicted molar refractivity (Wildman–Crippen MR) is 77.1 cm³/mol. The van der Waals surface area contributed by atoms with Gasteiger partial charge in [0.25, 0.3) is 5.91 Å². The molecular weight excluding hydrogens is 285 g/mol. The van der Waals surface area contributed by atoms with E-state index in [1.165, 1.54) is 4.68 Å². The molecule has 0 saturated heterocycles. The van der Waals surface area contributed by atoms with Gasteiger partial charge in [-0.15, -0.1) is 0 Å². The van der Waals surface area contributed by atoms with Crippen molar-refractivity contribution in [2.24, 2.45) is 7.05 Å². The van der Waals surface area contributed by atoms with Crippen LogP contribution in [0.25, 0.3) is 0 Å². The molecule has 0 aliphatic carbocycles. The number of halogens is 2. The van der Waals surface area contributed by atoms with Crippen LogP contribution in [0.5, 0.6) is 0 Å². The van der Waals surface area contributed by atoms with Crippen molar-refractivity contribution < 1.29 is 4.79 Å². The van der Waals surface area contributed by atoms with Gasteiger partial charge >= 0.3 is 0 Å². The third kappa shape index (κ3) is 2.60. The zero-order valence-corrected chi connectivity index (χ0v) is 12.3. The summed E-state index contributed by atoms with van der Waals surface area (Å²) in [5.74, 6) is -0.307. The number of carbonyl (C=O) groups is 1. The summed E-state index contributed by atoms with van der Waals surface area (Å²) in [5.41, 5.74) is 2.43. The van der Waals surface area contributed by atoms with Gasteiger partial charge in [-0.05, 0) is 31.5 Å². The minimum absolute atomic E-state index is 0.307. The monoisotopic (exact) mass is 297 g/mol. The molecule has 0 radical (unpaired) electrons. The Morgan fingerprint density at radius 1 is 1.32 bits per heavy atom. The van der Waals surface area contributed by atoms with Gasteiger partial charge < -0.3 is 5.32 Å². The topological polar surface area (TPSA) is 46.9 Å². The Kier molecular flexibility index (Phi) is 3.83. The standard InChI is InChI=1S/C13H13Cl2N3O/c1-7-9(14)5-4-6-10(7)16-13(19)12-11(15)8(2)17-18(12)3/h4-6H,1-3H3,(H,16,19). The highest BCUT2D eigenvalue weighted by Crippen LogP contribution is 2.25. The van der Waals surface area contributed by atoms with E-state index in [0.29, 0.717) is 27.1 Å². The number of benzene rings is 1. The molecular formula is C13H13Cl2N3O. The first kappa shape index (κ1) is 13.9. The molecule has 1 N–H and O–H groups in total. The van der Waals surface area contributed by atoms with Crippen LogP contribution in [0, 0.1) is 13.8 Å². The van der Waals surface area contributed by atoms with E-state index in [1.54, 1.807) is 32.2 Å². The van der Waals surface area contributed by atoms with Crippen molar-refractivity contribution in [2.75, 3.05) is 5.32 Å². The average Bonchev–Trinajstić information content (AvgIpc) is 2.59. The number of nitrogens with one attached hydrogen (secondary N) is 1. The molecule has 0 unspecified atom stereocenters. The van der Waals surface area contributed by atoms with Crippen molar-refractivity contribution in [3.63, 3.8) is 0 Å². The molecule has 0 aliphatic rings. The molecule has 0 saturated carbocycles. The third-order valence-corrected chi connectivity index (χ3v) is 3.74. The number of amides is 1. The first-order valence-corrected chi connectivity index (χ1v) is 6.43. The van der Waals surface area contributed by atoms with Crippen molar-refractivity contribution in [3.05, 3.63) is 45.2 Å². The summed E-state index contributed by atoms with van der Waals surface area (Å²) in [6.45, 7) is 3.60. The Hall–Kier alpha value is -1.52. The highest BCUT2D eigenvalue weighted by molar-refractivity contribution is 6.35. The lowest BCUT2D eigenvalue weighted by atomic mass is 10.2. The quantitative estimate of drug-likeness (QED) is 0.921. The number of nitrogens with zero attached hydrogens (tertiary/aromatic N) is 2. The molecule has 2 aromatic rings. The Bertz CT molecular complexity index is 650. The number of hydrogen-bond acceptors (Lipinski definition) is 2. The minimum atomic E-state index is -0.307. The van der Waals surface area contributed by atoms with Gasteiger partial charge in [0.15, 0.2) is 0 Å². The predicted octanol–water partition coefficient (Wildman–Crippen LogP) is 3.60. The summed E-state index contributed by atoms with van der Waals surface area (Å²) < 4.78 is 1.47. The van der Waals surface area contributed by atoms with Gasteiger partial charge in [-0.3, -0.25) is 9.48 Å². The van der Waals surface area contributed by atoms with Crippen LogP contribution in [0.3, 0.4) is 0 Å². The maximum atomic E-state index is 12.2. The summed E-state index contributed by atoms with van der Waals surface area (Å²) >= 11 is 12.1. The van der Waals surface area contributed by atoms with Crippen LogP contribution in [0.2, 0.25) is 10.0 Å². The molecule has 0 fully saturated rings. The number of anilines is 1. The van der Waals surface area contributed by atoms with Crippen LogP contribution in [0.4, 0.5) is 5.69 Å². The van der Waals surface area contributed by atoms with E-state index in [-0.39, 0.29) is 5.91 Å². The van der Waals surface area contributed by atoms with Crippen molar-refractivity contribution in [1.29, 1.82) is 0 Å². The molecule has 0 spiro atoms. The fourth-order valence-electron chi connectivity index (χ4n) is 1.80. The molecule has 0 bridgehead atoms. The van der Waals surface area contributed by atoms with Crippen LogP contribution in [0.15, 0.2) is 18.2 Å². The Morgan fingerprint density at radius 2 is 2.00 bits per heavy atom. The molecule has 2 rings (SSSR count). The van der Waals surface area contributed by atoms with E-state index >= 15 is 0 Å². The highest BCUT2D eigenvalue weighted by Gasteiger charge is 2.19. The fraction of sp³-hybridized carbons (Fsp3) is 0.231. The molecule has 100 valence electrons. The second-order valence-electron chi connectivity index (χ2n) is 4.24. The molecule has 0 atom stereocenters. The van der Waals surface area contributed by atoms with Crippen LogP contribution in [-0.2, 0) is 7.05 Å². The maximum absolute atomic E-state index is 12.2. The Balaban J connectivity index is 2.34. The summed E-state index contributed by atoms with van der Waals surface area (Å²) in [7, 11) is 1.68. The SMILES string of the molecule is Cc1nn(C)c(C(=O)Nc2cccc(Cl)c2C)c1Cl. The van der Waals surface area contributed by atoms with Gasteiger partial charge in [0.05, 0.1) is 10.7 Å². The molecule has 1 aromatic heterocycles. The molecule has 1 heterocycles. The van der Waals surface area contributed by atoms with Gasteiger partial charge in [0.1, 0.15) is 5.69 Å². The zero-order chi connectivity index (χ0) is 14.2. The van der Waals surface area contributed by atoms with Gasteiger partial charge in [-0.1, -0.05) is 29.3 Å². The van der Waals surface area contributed by atoms with Gasteiger partial charge in [0, 0.05) is 17.8 Å². The van der Waals surface area contributed by atoms with E-state index in [0.717, 1.165) is 5.56 Å². The molecule has 0 aliphatic heterocycles. The summed E-state index contributed by atoms with van der Waals surface area (Å²) in [5, 5.41) is 7.87. The average molecular weight is 298 g/mol. The molecule has 1 aromatic carbocycles. The Morgan fingerprint density at radius 3 is 2.58 bits per heavy atom. The van der Waals surface area contributed by atoms with Crippen LogP contribution in [-0.4, -0.2) is 15.7 Å². The van der Waals surface area contributed by atoms with Gasteiger partial charge in [-0.2, -0.15) is 5.10 Å². The highest BCUT2D eigenvalue weighted by atomic mass is 35.5. The minimum Gasteiger partial charge on any atom is -0.320 e. The first-order chi connectivity index (χ1) is 8.91. The molecule has 4 nitrogen and oxygen atoms in total. The third-order valence-electron chi connectivity index (χ3n) is 2.88. The molecule has 19 heavy (non-hydrogen) atoms. The maximum Gasteiger partial charge on any atom is 0.275 e. The zero-order valence-electron chi connectivity index (χ0n) is 10.8. The van der Waals surface area contributed by atoms with Crippen LogP contribution in [0.1, 0.15) is 21.7 Å². The van der Waals surface area contributed by atoms with E-state index in [9.17, 15) is 4.79 Å². The smallest absolute Gasteiger partial charge is 0.275 e. The van der Waals surface area contributed by atoms with Crippen LogP contribution < -0.4 is 5.32 Å². The summed E-state index contributed by atoms with van der Waals surface area (Å²) in [4.78, 5) is 12.2. The summed E-state index contributed by atoms with van der Waals surface area (Å²) in [6, 6.07) is 5.34. The second kappa shape index (κ2) is 5.23. The lowest BCUT2D eigenvalue weighted by molar-refractivity contribution is 0.101. The number of hydrogen-bond donors (Lipinski definition) is 1. The number of carbonyl (C=O) groups excluding carboxylic acids is 1. The van der Waals surface area contributed by atoms with E-state index < -0.39 is 0 Å². The Labute approximate surface area is 121 Å². The second-order valence-corrected chi connectivity index (χ2v) is 5.02. The number of aryl methyl sites for hydroxylation is 2.